The molecule has 0 aliphatic carbocycles. The molecule has 0 bridgehead atoms. The van der Waals surface area contributed by atoms with Crippen molar-refractivity contribution in [1.29, 1.82) is 0 Å². The lowest BCUT2D eigenvalue weighted by molar-refractivity contribution is 0.439. The fraction of sp³-hybridized carbons (Fsp3) is 0. The minimum atomic E-state index is -1.07. The van der Waals surface area contributed by atoms with Crippen molar-refractivity contribution in [3.8, 4) is 11.3 Å². The van der Waals surface area contributed by atoms with Crippen molar-refractivity contribution in [3.05, 3.63) is 29.8 Å². The molecule has 0 unspecified atom stereocenters. The van der Waals surface area contributed by atoms with Crippen molar-refractivity contribution in [2.24, 2.45) is 0 Å². The first kappa shape index (κ1) is 9.45. The van der Waals surface area contributed by atoms with E-state index < -0.39 is 11.6 Å². The largest absolute Gasteiger partial charge is 0.396 e. The molecule has 78 valence electrons. The number of nitrogens with two attached hydrogens (primary N) is 2. The predicted octanol–water partition coefficient (Wildman–Crippen LogP) is 1.78. The van der Waals surface area contributed by atoms with Gasteiger partial charge in [-0.05, 0) is 12.1 Å². The average Bonchev–Trinajstić information content (AvgIpc) is 2.60. The van der Waals surface area contributed by atoms with E-state index in [1.165, 1.54) is 12.1 Å². The predicted molar refractivity (Wildman–Crippen MR) is 50.7 cm³/mol. The Balaban J connectivity index is 2.55. The number of rotatable bonds is 1. The van der Waals surface area contributed by atoms with Crippen LogP contribution < -0.4 is 11.5 Å². The summed E-state index contributed by atoms with van der Waals surface area (Å²) in [5, 5.41) is 3.55. The fourth-order valence-corrected chi connectivity index (χ4v) is 1.18. The molecule has 2 aromatic rings. The van der Waals surface area contributed by atoms with E-state index in [1.807, 2.05) is 0 Å². The summed E-state index contributed by atoms with van der Waals surface area (Å²) in [4.78, 5) is 0. The SMILES string of the molecule is Nc1cc(-c2cc(N)c(F)c(F)c2)no1. The third-order valence-electron chi connectivity index (χ3n) is 1.88. The minimum Gasteiger partial charge on any atom is -0.396 e. The molecule has 0 aliphatic rings. The van der Waals surface area contributed by atoms with Crippen LogP contribution in [0.3, 0.4) is 0 Å². The quantitative estimate of drug-likeness (QED) is 0.705. The summed E-state index contributed by atoms with van der Waals surface area (Å²) in [6, 6.07) is 3.63. The first-order valence-corrected chi connectivity index (χ1v) is 4.05. The van der Waals surface area contributed by atoms with Gasteiger partial charge in [-0.3, -0.25) is 0 Å². The van der Waals surface area contributed by atoms with Gasteiger partial charge in [-0.25, -0.2) is 8.78 Å². The summed E-state index contributed by atoms with van der Waals surface area (Å²) < 4.78 is 30.5. The number of hydrogen-bond donors (Lipinski definition) is 2. The summed E-state index contributed by atoms with van der Waals surface area (Å²) in [5.74, 6) is -2.02. The van der Waals surface area contributed by atoms with Crippen molar-refractivity contribution < 1.29 is 13.3 Å². The lowest BCUT2D eigenvalue weighted by Gasteiger charge is -2.00. The maximum absolute atomic E-state index is 13.0. The van der Waals surface area contributed by atoms with Gasteiger partial charge in [0.2, 0.25) is 5.88 Å². The third-order valence-corrected chi connectivity index (χ3v) is 1.88. The molecule has 0 amide bonds. The molecule has 0 fully saturated rings. The smallest absolute Gasteiger partial charge is 0.222 e. The summed E-state index contributed by atoms with van der Waals surface area (Å²) in [6.45, 7) is 0. The van der Waals surface area contributed by atoms with E-state index in [4.69, 9.17) is 11.5 Å². The number of nitrogens with zero attached hydrogens (tertiary/aromatic N) is 1. The molecule has 1 heterocycles. The Kier molecular flexibility index (Phi) is 2.03. The van der Waals surface area contributed by atoms with Crippen LogP contribution in [0.5, 0.6) is 0 Å². The Labute approximate surface area is 83.5 Å². The molecule has 2 rings (SSSR count). The molecule has 0 saturated carbocycles. The maximum atomic E-state index is 13.0. The Hall–Kier alpha value is -2.11. The van der Waals surface area contributed by atoms with Crippen molar-refractivity contribution in [3.63, 3.8) is 0 Å². The Bertz CT molecular complexity index is 487. The van der Waals surface area contributed by atoms with E-state index in [2.05, 4.69) is 9.68 Å². The fourth-order valence-electron chi connectivity index (χ4n) is 1.18. The normalized spacial score (nSPS) is 10.5. The zero-order valence-corrected chi connectivity index (χ0v) is 7.50. The van der Waals surface area contributed by atoms with Crippen LogP contribution in [0.1, 0.15) is 0 Å². The van der Waals surface area contributed by atoms with Gasteiger partial charge in [0.15, 0.2) is 11.6 Å². The molecule has 0 atom stereocenters. The number of anilines is 2. The molecule has 1 aromatic carbocycles. The van der Waals surface area contributed by atoms with Gasteiger partial charge in [0.1, 0.15) is 5.69 Å². The van der Waals surface area contributed by atoms with Crippen molar-refractivity contribution in [2.75, 3.05) is 11.5 Å². The van der Waals surface area contributed by atoms with Gasteiger partial charge in [-0.1, -0.05) is 5.16 Å². The van der Waals surface area contributed by atoms with Crippen LogP contribution in [-0.4, -0.2) is 5.16 Å². The first-order valence-electron chi connectivity index (χ1n) is 4.05. The van der Waals surface area contributed by atoms with Crippen LogP contribution in [-0.2, 0) is 0 Å². The van der Waals surface area contributed by atoms with E-state index in [9.17, 15) is 8.78 Å². The summed E-state index contributed by atoms with van der Waals surface area (Å²) in [5.41, 5.74) is 10.9. The van der Waals surface area contributed by atoms with Crippen LogP contribution in [0.2, 0.25) is 0 Å². The standard InChI is InChI=1S/C9H7F2N3O/c10-5-1-4(2-6(12)9(5)11)7-3-8(13)15-14-7/h1-3H,12-13H2. The van der Waals surface area contributed by atoms with Crippen LogP contribution >= 0.6 is 0 Å². The van der Waals surface area contributed by atoms with Gasteiger partial charge >= 0.3 is 0 Å². The van der Waals surface area contributed by atoms with Crippen molar-refractivity contribution in [2.45, 2.75) is 0 Å². The second-order valence-corrected chi connectivity index (χ2v) is 2.98. The number of aromatic nitrogens is 1. The zero-order chi connectivity index (χ0) is 11.0. The second kappa shape index (κ2) is 3.23. The highest BCUT2D eigenvalue weighted by Gasteiger charge is 2.11. The third kappa shape index (κ3) is 1.61. The average molecular weight is 211 g/mol. The monoisotopic (exact) mass is 211 g/mol. The summed E-state index contributed by atoms with van der Waals surface area (Å²) >= 11 is 0. The molecule has 6 heteroatoms. The van der Waals surface area contributed by atoms with E-state index >= 15 is 0 Å². The number of nitrogen functional groups attached to an aromatic ring is 2. The molecule has 4 N–H and O–H groups in total. The molecule has 0 radical (unpaired) electrons. The van der Waals surface area contributed by atoms with Gasteiger partial charge < -0.3 is 16.0 Å². The van der Waals surface area contributed by atoms with E-state index in [0.29, 0.717) is 11.3 Å². The van der Waals surface area contributed by atoms with Gasteiger partial charge in [-0.15, -0.1) is 0 Å². The van der Waals surface area contributed by atoms with E-state index in [-0.39, 0.29) is 11.6 Å². The molecule has 15 heavy (non-hydrogen) atoms. The highest BCUT2D eigenvalue weighted by Crippen LogP contribution is 2.25. The van der Waals surface area contributed by atoms with Gasteiger partial charge in [-0.2, -0.15) is 0 Å². The second-order valence-electron chi connectivity index (χ2n) is 2.98. The first-order chi connectivity index (χ1) is 7.08. The molecule has 0 aliphatic heterocycles. The lowest BCUT2D eigenvalue weighted by Crippen LogP contribution is -1.95. The molecule has 0 spiro atoms. The summed E-state index contributed by atoms with van der Waals surface area (Å²) in [7, 11) is 0. The maximum Gasteiger partial charge on any atom is 0.222 e. The van der Waals surface area contributed by atoms with Crippen LogP contribution in [0.4, 0.5) is 20.4 Å². The molecular formula is C9H7F2N3O. The highest BCUT2D eigenvalue weighted by molar-refractivity contribution is 5.65. The highest BCUT2D eigenvalue weighted by atomic mass is 19.2. The minimum absolute atomic E-state index is 0.0910. The molecule has 1 aromatic heterocycles. The zero-order valence-electron chi connectivity index (χ0n) is 7.50. The lowest BCUT2D eigenvalue weighted by atomic mass is 10.1. The molecule has 0 saturated heterocycles. The van der Waals surface area contributed by atoms with Crippen molar-refractivity contribution >= 4 is 11.6 Å². The Morgan fingerprint density at radius 1 is 1.13 bits per heavy atom. The van der Waals surface area contributed by atoms with Crippen LogP contribution in [0.15, 0.2) is 22.7 Å². The van der Waals surface area contributed by atoms with Gasteiger partial charge in [0, 0.05) is 11.6 Å². The summed E-state index contributed by atoms with van der Waals surface area (Å²) in [6.07, 6.45) is 0. The number of benzene rings is 1. The molecular weight excluding hydrogens is 204 g/mol. The Morgan fingerprint density at radius 3 is 2.40 bits per heavy atom. The van der Waals surface area contributed by atoms with Crippen LogP contribution in [0, 0.1) is 11.6 Å². The Morgan fingerprint density at radius 2 is 1.87 bits per heavy atom. The topological polar surface area (TPSA) is 78.1 Å². The number of halogens is 2. The van der Waals surface area contributed by atoms with Gasteiger partial charge in [0.05, 0.1) is 5.69 Å². The van der Waals surface area contributed by atoms with Crippen molar-refractivity contribution in [1.82, 2.24) is 5.16 Å². The van der Waals surface area contributed by atoms with E-state index in [0.717, 1.165) is 6.07 Å². The van der Waals surface area contributed by atoms with Gasteiger partial charge in [0.25, 0.3) is 0 Å². The molecule has 4 nitrogen and oxygen atoms in total. The van der Waals surface area contributed by atoms with Crippen LogP contribution in [0.25, 0.3) is 11.3 Å². The number of hydrogen-bond acceptors (Lipinski definition) is 4. The van der Waals surface area contributed by atoms with E-state index in [1.54, 1.807) is 0 Å².